The Bertz CT molecular complexity index is 2040. The Hall–Kier alpha value is -6.64. The summed E-state index contributed by atoms with van der Waals surface area (Å²) in [6, 6.07) is 17.6. The third-order valence-corrected chi connectivity index (χ3v) is 8.66. The van der Waals surface area contributed by atoms with Gasteiger partial charge in [-0.05, 0) is 78.9 Å². The first-order valence-electron chi connectivity index (χ1n) is 18.7. The van der Waals surface area contributed by atoms with Crippen LogP contribution >= 0.6 is 0 Å². The van der Waals surface area contributed by atoms with Gasteiger partial charge in [0.05, 0.1) is 42.6 Å². The molecule has 0 aliphatic heterocycles. The van der Waals surface area contributed by atoms with E-state index in [9.17, 15) is 0 Å². The summed E-state index contributed by atoms with van der Waals surface area (Å²) in [5.41, 5.74) is 56.6. The number of rotatable bonds is 13. The molecule has 1 aliphatic carbocycles. The molecule has 0 heterocycles. The molecule has 15 nitrogen and oxygen atoms in total. The molecule has 0 atom stereocenters. The normalized spacial score (nSPS) is 11.8. The standard InChI is InChI=1S/C41H54N12O3/c1-4-7-54-35-25-11-23-10-24(14-31(13-23)50-38(42)43)12-26-18-33(52-40(46)47)20-28(36(26)55-8-5-2)16-30-22-34(53-41(48)49)21-29(37(30)56-9-6-3)15-27(35)19-32(17-25)51-39(44)45/h10,13-14,17-22H,4-9,11-12,15-16H2,1-3H3,(H4,42,43,50)(H4,44,45,51)(H4,46,47,52)(H4,48,49,53). The van der Waals surface area contributed by atoms with Crippen LogP contribution in [0, 0.1) is 0 Å². The van der Waals surface area contributed by atoms with Crippen molar-refractivity contribution in [2.45, 2.75) is 65.7 Å². The Labute approximate surface area is 327 Å². The molecule has 0 saturated carbocycles. The van der Waals surface area contributed by atoms with Gasteiger partial charge in [0.25, 0.3) is 0 Å². The van der Waals surface area contributed by atoms with E-state index in [1.54, 1.807) is 0 Å². The first-order valence-corrected chi connectivity index (χ1v) is 18.7. The van der Waals surface area contributed by atoms with Crippen molar-refractivity contribution in [2.75, 3.05) is 19.8 Å². The number of guanidine groups is 4. The van der Waals surface area contributed by atoms with Gasteiger partial charge >= 0.3 is 0 Å². The second-order valence-corrected chi connectivity index (χ2v) is 13.7. The van der Waals surface area contributed by atoms with Crippen LogP contribution in [0.5, 0.6) is 17.2 Å². The second kappa shape index (κ2) is 18.6. The van der Waals surface area contributed by atoms with E-state index < -0.39 is 0 Å². The van der Waals surface area contributed by atoms with Gasteiger partial charge in [-0.1, -0.05) is 26.8 Å². The molecule has 5 rings (SSSR count). The number of aliphatic imine (C=N–C) groups is 4. The third kappa shape index (κ3) is 10.7. The van der Waals surface area contributed by atoms with Gasteiger partial charge in [-0.15, -0.1) is 0 Å². The van der Waals surface area contributed by atoms with Crippen LogP contribution in [0.4, 0.5) is 22.7 Å². The molecule has 15 heteroatoms. The maximum Gasteiger partial charge on any atom is 0.191 e. The van der Waals surface area contributed by atoms with Crippen molar-refractivity contribution < 1.29 is 14.2 Å². The van der Waals surface area contributed by atoms with Crippen molar-refractivity contribution >= 4 is 46.6 Å². The molecule has 4 aromatic carbocycles. The Morgan fingerprint density at radius 3 is 0.893 bits per heavy atom. The lowest BCUT2D eigenvalue weighted by Crippen LogP contribution is -2.22. The number of hydrogen-bond donors (Lipinski definition) is 8. The van der Waals surface area contributed by atoms with Gasteiger partial charge < -0.3 is 60.1 Å². The molecule has 8 bridgehead atoms. The van der Waals surface area contributed by atoms with Crippen LogP contribution in [0.25, 0.3) is 0 Å². The van der Waals surface area contributed by atoms with Gasteiger partial charge in [0, 0.05) is 59.1 Å². The first kappa shape index (κ1) is 40.5. The fourth-order valence-electron chi connectivity index (χ4n) is 6.82. The summed E-state index contributed by atoms with van der Waals surface area (Å²) in [6.45, 7) is 7.60. The molecular weight excluding hydrogens is 709 g/mol. The van der Waals surface area contributed by atoms with E-state index in [1.165, 1.54) is 0 Å². The maximum atomic E-state index is 6.62. The van der Waals surface area contributed by atoms with E-state index in [1.807, 2.05) is 48.5 Å². The second-order valence-electron chi connectivity index (χ2n) is 13.7. The lowest BCUT2D eigenvalue weighted by Gasteiger charge is -2.22. The van der Waals surface area contributed by atoms with E-state index in [2.05, 4.69) is 46.8 Å². The van der Waals surface area contributed by atoms with Crippen LogP contribution in [0.3, 0.4) is 0 Å². The zero-order chi connectivity index (χ0) is 40.4. The van der Waals surface area contributed by atoms with Crippen molar-refractivity contribution in [1.29, 1.82) is 0 Å². The number of benzene rings is 4. The van der Waals surface area contributed by atoms with E-state index >= 15 is 0 Å². The van der Waals surface area contributed by atoms with Crippen molar-refractivity contribution in [2.24, 2.45) is 65.8 Å². The topological polar surface area (TPSA) is 285 Å². The van der Waals surface area contributed by atoms with E-state index in [-0.39, 0.29) is 23.8 Å². The summed E-state index contributed by atoms with van der Waals surface area (Å²) >= 11 is 0. The monoisotopic (exact) mass is 762 g/mol. The minimum atomic E-state index is -0.0828. The van der Waals surface area contributed by atoms with E-state index in [0.29, 0.717) is 85.5 Å². The molecule has 16 N–H and O–H groups in total. The summed E-state index contributed by atoms with van der Waals surface area (Å²) < 4.78 is 19.8. The molecule has 56 heavy (non-hydrogen) atoms. The third-order valence-electron chi connectivity index (χ3n) is 8.66. The van der Waals surface area contributed by atoms with Crippen LogP contribution in [0.2, 0.25) is 0 Å². The van der Waals surface area contributed by atoms with Crippen LogP contribution in [0.1, 0.15) is 84.5 Å². The highest BCUT2D eigenvalue weighted by atomic mass is 16.5. The Balaban J connectivity index is 1.93. The molecule has 0 fully saturated rings. The van der Waals surface area contributed by atoms with Crippen molar-refractivity contribution in [3.63, 3.8) is 0 Å². The zero-order valence-corrected chi connectivity index (χ0v) is 32.4. The Kier molecular flexibility index (Phi) is 13.5. The number of nitrogens with zero attached hydrogens (tertiary/aromatic N) is 4. The van der Waals surface area contributed by atoms with Crippen molar-refractivity contribution in [3.8, 4) is 17.2 Å². The summed E-state index contributed by atoms with van der Waals surface area (Å²) in [6.07, 6.45) is 3.92. The molecule has 4 aromatic rings. The lowest BCUT2D eigenvalue weighted by molar-refractivity contribution is 0.307. The molecule has 0 aromatic heterocycles. The quantitative estimate of drug-likeness (QED) is 0.0616. The zero-order valence-electron chi connectivity index (χ0n) is 32.4. The Morgan fingerprint density at radius 2 is 0.643 bits per heavy atom. The molecule has 0 spiro atoms. The van der Waals surface area contributed by atoms with Gasteiger partial charge in [0.1, 0.15) is 17.2 Å². The molecule has 0 unspecified atom stereocenters. The maximum absolute atomic E-state index is 6.62. The van der Waals surface area contributed by atoms with Gasteiger partial charge in [0.2, 0.25) is 0 Å². The van der Waals surface area contributed by atoms with Crippen LogP contribution in [-0.4, -0.2) is 43.7 Å². The van der Waals surface area contributed by atoms with Gasteiger partial charge in [-0.2, -0.15) is 0 Å². The van der Waals surface area contributed by atoms with Gasteiger partial charge in [-0.3, -0.25) is 0 Å². The number of fused-ring (bicyclic) bond motifs is 8. The molecule has 296 valence electrons. The highest BCUT2D eigenvalue weighted by Crippen LogP contribution is 2.41. The molecule has 0 amide bonds. The predicted molar refractivity (Wildman–Crippen MR) is 226 cm³/mol. The van der Waals surface area contributed by atoms with Gasteiger partial charge in [-0.25, -0.2) is 20.0 Å². The average Bonchev–Trinajstić information content (AvgIpc) is 3.09. The largest absolute Gasteiger partial charge is 0.493 e. The van der Waals surface area contributed by atoms with Crippen LogP contribution in [-0.2, 0) is 25.7 Å². The van der Waals surface area contributed by atoms with Crippen LogP contribution in [0.15, 0.2) is 74.6 Å². The molecule has 0 saturated heterocycles. The van der Waals surface area contributed by atoms with Crippen molar-refractivity contribution in [3.05, 3.63) is 99.1 Å². The average molecular weight is 763 g/mol. The lowest BCUT2D eigenvalue weighted by atomic mass is 9.90. The van der Waals surface area contributed by atoms with Crippen molar-refractivity contribution in [1.82, 2.24) is 0 Å². The number of ether oxygens (including phenoxy) is 3. The predicted octanol–water partition coefficient (Wildman–Crippen LogP) is 4.35. The Morgan fingerprint density at radius 1 is 0.393 bits per heavy atom. The number of hydrogen-bond acceptors (Lipinski definition) is 7. The fourth-order valence-corrected chi connectivity index (χ4v) is 6.82. The van der Waals surface area contributed by atoms with Gasteiger partial charge in [0.15, 0.2) is 23.8 Å². The molecule has 0 radical (unpaired) electrons. The molecular formula is C41H54N12O3. The number of nitrogens with two attached hydrogens (primary N) is 8. The van der Waals surface area contributed by atoms with Crippen LogP contribution < -0.4 is 60.1 Å². The SMILES string of the molecule is CCCOc1c2cc(N=C(N)N)cc1Cc1cc(N=C(N)N)cc(c1OCCC)Cc1cc(N=C(N)N)cc(c1OCCC)Cc1cc(cc(N=C(N)N)c1)C2. The van der Waals surface area contributed by atoms with E-state index in [4.69, 9.17) is 60.1 Å². The van der Waals surface area contributed by atoms with E-state index in [0.717, 1.165) is 63.8 Å². The summed E-state index contributed by atoms with van der Waals surface area (Å²) in [4.78, 5) is 17.9. The highest BCUT2D eigenvalue weighted by Gasteiger charge is 2.23. The summed E-state index contributed by atoms with van der Waals surface area (Å²) in [5, 5.41) is 0. The highest BCUT2D eigenvalue weighted by molar-refractivity contribution is 5.81. The smallest absolute Gasteiger partial charge is 0.191 e. The first-order chi connectivity index (χ1) is 26.8. The minimum Gasteiger partial charge on any atom is -0.493 e. The summed E-state index contributed by atoms with van der Waals surface area (Å²) in [7, 11) is 0. The fraction of sp³-hybridized carbons (Fsp3) is 0.317. The molecule has 1 aliphatic rings. The minimum absolute atomic E-state index is 0.0643. The summed E-state index contributed by atoms with van der Waals surface area (Å²) in [5.74, 6) is 1.81.